The maximum absolute atomic E-state index is 13.2. The Balaban J connectivity index is 1.78. The number of benzene rings is 2. The van der Waals surface area contributed by atoms with Gasteiger partial charge in [-0.25, -0.2) is 9.18 Å². The Morgan fingerprint density at radius 2 is 1.80 bits per heavy atom. The topological polar surface area (TPSA) is 84.9 Å². The molecule has 1 saturated heterocycles. The van der Waals surface area contributed by atoms with E-state index in [1.807, 2.05) is 0 Å². The van der Waals surface area contributed by atoms with E-state index < -0.39 is 23.6 Å². The smallest absolute Gasteiger partial charge is 0.344 e. The average molecular weight is 428 g/mol. The third-order valence-corrected chi connectivity index (χ3v) is 4.32. The van der Waals surface area contributed by atoms with Gasteiger partial charge in [0.05, 0.1) is 12.3 Å². The van der Waals surface area contributed by atoms with Gasteiger partial charge >= 0.3 is 5.97 Å². The van der Waals surface area contributed by atoms with Crippen molar-refractivity contribution in [2.24, 2.45) is 0 Å². The fourth-order valence-corrected chi connectivity index (χ4v) is 2.93. The lowest BCUT2D eigenvalue weighted by molar-refractivity contribution is -0.145. The van der Waals surface area contributed by atoms with E-state index in [9.17, 15) is 18.8 Å². The Kier molecular flexibility index (Phi) is 6.53. The van der Waals surface area contributed by atoms with Gasteiger partial charge in [0.15, 0.2) is 11.7 Å². The summed E-state index contributed by atoms with van der Waals surface area (Å²) < 4.78 is 23.3. The highest BCUT2D eigenvalue weighted by Gasteiger charge is 2.34. The molecule has 154 valence electrons. The van der Waals surface area contributed by atoms with Crippen LogP contribution in [-0.4, -0.2) is 36.1 Å². The molecule has 3 rings (SSSR count). The summed E-state index contributed by atoms with van der Waals surface area (Å²) in [5.41, 5.74) is 0.761. The second kappa shape index (κ2) is 9.27. The van der Waals surface area contributed by atoms with Crippen LogP contribution >= 0.6 is 12.2 Å². The summed E-state index contributed by atoms with van der Waals surface area (Å²) in [6.45, 7) is 1.75. The van der Waals surface area contributed by atoms with Crippen LogP contribution in [0.25, 0.3) is 6.08 Å². The molecule has 7 nitrogen and oxygen atoms in total. The number of rotatable bonds is 6. The first-order valence-electron chi connectivity index (χ1n) is 8.94. The standard InChI is InChI=1S/C21H17FN2O5S/c1-2-28-18(25)12-29-16-9-3-13(4-10-16)11-17-19(26)23-21(30)24(20(17)27)15-7-5-14(22)6-8-15/h3-11H,2,12H2,1H3,(H,23,26,30)/b17-11-. The van der Waals surface area contributed by atoms with E-state index in [2.05, 4.69) is 5.32 Å². The largest absolute Gasteiger partial charge is 0.482 e. The summed E-state index contributed by atoms with van der Waals surface area (Å²) in [6, 6.07) is 11.6. The third-order valence-electron chi connectivity index (χ3n) is 4.04. The predicted molar refractivity (Wildman–Crippen MR) is 111 cm³/mol. The van der Waals surface area contributed by atoms with Crippen LogP contribution in [0, 0.1) is 5.82 Å². The van der Waals surface area contributed by atoms with E-state index in [-0.39, 0.29) is 23.9 Å². The maximum atomic E-state index is 13.2. The number of thiocarbonyl (C=S) groups is 1. The number of hydrogen-bond donors (Lipinski definition) is 1. The Bertz CT molecular complexity index is 1020. The molecule has 2 aromatic carbocycles. The predicted octanol–water partition coefficient (Wildman–Crippen LogP) is 2.60. The number of nitrogens with one attached hydrogen (secondary N) is 1. The number of carbonyl (C=O) groups excluding carboxylic acids is 3. The van der Waals surface area contributed by atoms with Crippen LogP contribution in [0.5, 0.6) is 5.75 Å². The Labute approximate surface area is 177 Å². The van der Waals surface area contributed by atoms with Gasteiger partial charge in [-0.05, 0) is 67.2 Å². The lowest BCUT2D eigenvalue weighted by Gasteiger charge is -2.28. The summed E-state index contributed by atoms with van der Waals surface area (Å²) in [5.74, 6) is -1.77. The highest BCUT2D eigenvalue weighted by Crippen LogP contribution is 2.23. The monoisotopic (exact) mass is 428 g/mol. The lowest BCUT2D eigenvalue weighted by atomic mass is 10.1. The van der Waals surface area contributed by atoms with Crippen LogP contribution in [0.4, 0.5) is 10.1 Å². The molecule has 0 unspecified atom stereocenters. The Morgan fingerprint density at radius 3 is 2.43 bits per heavy atom. The molecular formula is C21H17FN2O5S. The van der Waals surface area contributed by atoms with Crippen molar-refractivity contribution < 1.29 is 28.2 Å². The quantitative estimate of drug-likeness (QED) is 0.330. The number of hydrogen-bond acceptors (Lipinski definition) is 6. The van der Waals surface area contributed by atoms with Gasteiger partial charge in [-0.1, -0.05) is 12.1 Å². The van der Waals surface area contributed by atoms with E-state index in [0.29, 0.717) is 17.0 Å². The minimum absolute atomic E-state index is 0.0866. The van der Waals surface area contributed by atoms with Gasteiger partial charge < -0.3 is 9.47 Å². The van der Waals surface area contributed by atoms with E-state index in [1.54, 1.807) is 31.2 Å². The normalized spacial score (nSPS) is 15.2. The van der Waals surface area contributed by atoms with Crippen molar-refractivity contribution in [3.05, 3.63) is 65.5 Å². The average Bonchev–Trinajstić information content (AvgIpc) is 2.72. The number of ether oxygens (including phenoxy) is 2. The zero-order valence-corrected chi connectivity index (χ0v) is 16.7. The third kappa shape index (κ3) is 4.87. The van der Waals surface area contributed by atoms with Crippen LogP contribution in [0.2, 0.25) is 0 Å². The molecule has 0 radical (unpaired) electrons. The van der Waals surface area contributed by atoms with Crippen LogP contribution in [-0.2, 0) is 19.1 Å². The number of esters is 1. The Hall–Kier alpha value is -3.59. The van der Waals surface area contributed by atoms with Crippen molar-refractivity contribution in [3.63, 3.8) is 0 Å². The molecule has 1 fully saturated rings. The Morgan fingerprint density at radius 1 is 1.13 bits per heavy atom. The van der Waals surface area contributed by atoms with Gasteiger partial charge in [-0.2, -0.15) is 0 Å². The molecule has 0 saturated carbocycles. The van der Waals surface area contributed by atoms with Crippen molar-refractivity contribution in [2.75, 3.05) is 18.1 Å². The van der Waals surface area contributed by atoms with Gasteiger partial charge in [0.2, 0.25) is 0 Å². The van der Waals surface area contributed by atoms with Crippen LogP contribution < -0.4 is 15.0 Å². The number of carbonyl (C=O) groups is 3. The van der Waals surface area contributed by atoms with Crippen molar-refractivity contribution in [1.82, 2.24) is 5.32 Å². The number of nitrogens with zero attached hydrogens (tertiary/aromatic N) is 1. The molecular weight excluding hydrogens is 411 g/mol. The van der Waals surface area contributed by atoms with E-state index >= 15 is 0 Å². The van der Waals surface area contributed by atoms with Crippen molar-refractivity contribution >= 4 is 46.9 Å². The molecule has 2 aromatic rings. The van der Waals surface area contributed by atoms with Gasteiger partial charge in [0.1, 0.15) is 17.1 Å². The van der Waals surface area contributed by atoms with Crippen molar-refractivity contribution in [2.45, 2.75) is 6.92 Å². The van der Waals surface area contributed by atoms with Gasteiger partial charge in [-0.3, -0.25) is 19.8 Å². The summed E-state index contributed by atoms with van der Waals surface area (Å²) in [4.78, 5) is 37.6. The fraction of sp³-hybridized carbons (Fsp3) is 0.143. The zero-order valence-electron chi connectivity index (χ0n) is 15.9. The molecule has 1 aliphatic rings. The summed E-state index contributed by atoms with van der Waals surface area (Å²) in [5, 5.41) is 2.37. The molecule has 0 bridgehead atoms. The van der Waals surface area contributed by atoms with Gasteiger partial charge in [0, 0.05) is 0 Å². The first-order valence-corrected chi connectivity index (χ1v) is 9.35. The molecule has 1 heterocycles. The first-order chi connectivity index (χ1) is 14.4. The summed E-state index contributed by atoms with van der Waals surface area (Å²) >= 11 is 5.10. The van der Waals surface area contributed by atoms with Crippen molar-refractivity contribution in [3.8, 4) is 5.75 Å². The molecule has 0 spiro atoms. The van der Waals surface area contributed by atoms with E-state index in [1.165, 1.54) is 30.3 Å². The molecule has 9 heteroatoms. The molecule has 0 aliphatic carbocycles. The SMILES string of the molecule is CCOC(=O)COc1ccc(/C=C2/C(=O)NC(=S)N(c3ccc(F)cc3)C2=O)cc1. The minimum atomic E-state index is -0.633. The van der Waals surface area contributed by atoms with Crippen molar-refractivity contribution in [1.29, 1.82) is 0 Å². The molecule has 1 aliphatic heterocycles. The number of anilines is 1. The fourth-order valence-electron chi connectivity index (χ4n) is 2.65. The molecule has 30 heavy (non-hydrogen) atoms. The minimum Gasteiger partial charge on any atom is -0.482 e. The first kappa shape index (κ1) is 21.1. The lowest BCUT2D eigenvalue weighted by Crippen LogP contribution is -2.54. The molecule has 0 aromatic heterocycles. The van der Waals surface area contributed by atoms with Crippen LogP contribution in [0.3, 0.4) is 0 Å². The summed E-state index contributed by atoms with van der Waals surface area (Å²) in [6.07, 6.45) is 1.41. The summed E-state index contributed by atoms with van der Waals surface area (Å²) in [7, 11) is 0. The second-order valence-corrected chi connectivity index (χ2v) is 6.48. The van der Waals surface area contributed by atoms with E-state index in [4.69, 9.17) is 21.7 Å². The molecule has 2 amide bonds. The van der Waals surface area contributed by atoms with Gasteiger partial charge in [0.25, 0.3) is 11.8 Å². The van der Waals surface area contributed by atoms with E-state index in [0.717, 1.165) is 4.90 Å². The number of halogens is 1. The van der Waals surface area contributed by atoms with Crippen LogP contribution in [0.15, 0.2) is 54.1 Å². The molecule has 1 N–H and O–H groups in total. The van der Waals surface area contributed by atoms with Crippen LogP contribution in [0.1, 0.15) is 12.5 Å². The highest BCUT2D eigenvalue weighted by atomic mass is 32.1. The molecule has 0 atom stereocenters. The van der Waals surface area contributed by atoms with Gasteiger partial charge in [-0.15, -0.1) is 0 Å². The highest BCUT2D eigenvalue weighted by molar-refractivity contribution is 7.80. The second-order valence-electron chi connectivity index (χ2n) is 6.10. The maximum Gasteiger partial charge on any atom is 0.344 e. The zero-order chi connectivity index (χ0) is 21.7. The number of amides is 2.